The minimum Gasteiger partial charge on any atom is -0.406 e. The summed E-state index contributed by atoms with van der Waals surface area (Å²) in [5, 5.41) is 11.2. The van der Waals surface area contributed by atoms with Gasteiger partial charge in [-0.2, -0.15) is 0 Å². The van der Waals surface area contributed by atoms with Gasteiger partial charge >= 0.3 is 6.01 Å². The third-order valence-electron chi connectivity index (χ3n) is 3.84. The van der Waals surface area contributed by atoms with Crippen molar-refractivity contribution in [2.45, 2.75) is 39.4 Å². The smallest absolute Gasteiger partial charge is 0.315 e. The molecule has 0 bridgehead atoms. The Balaban J connectivity index is 0.00000182. The number of anilines is 1. The maximum absolute atomic E-state index is 6.17. The van der Waals surface area contributed by atoms with Crippen LogP contribution in [0, 0.1) is 5.92 Å². The molecule has 0 saturated heterocycles. The summed E-state index contributed by atoms with van der Waals surface area (Å²) in [5.74, 6) is 0.987. The molecule has 2 heterocycles. The van der Waals surface area contributed by atoms with Crippen molar-refractivity contribution in [3.8, 4) is 0 Å². The zero-order valence-corrected chi connectivity index (χ0v) is 17.0. The lowest BCUT2D eigenvalue weighted by atomic mass is 10.1. The molecule has 3 rings (SSSR count). The van der Waals surface area contributed by atoms with Gasteiger partial charge in [-0.05, 0) is 17.9 Å². The summed E-state index contributed by atoms with van der Waals surface area (Å²) in [6, 6.07) is 10.1. The van der Waals surface area contributed by atoms with E-state index >= 15 is 0 Å². The largest absolute Gasteiger partial charge is 0.406 e. The number of benzene rings is 1. The molecule has 0 unspecified atom stereocenters. The van der Waals surface area contributed by atoms with Gasteiger partial charge in [0.2, 0.25) is 5.89 Å². The number of hydrogen-bond acceptors (Lipinski definition) is 6. The Hall–Kier alpha value is -2.09. The molecule has 0 aliphatic rings. The van der Waals surface area contributed by atoms with E-state index in [0.29, 0.717) is 30.8 Å². The fraction of sp³-hybridized carbons (Fsp3) is 0.389. The van der Waals surface area contributed by atoms with Gasteiger partial charge in [0, 0.05) is 12.7 Å². The molecule has 0 fully saturated rings. The van der Waals surface area contributed by atoms with E-state index in [1.165, 1.54) is 0 Å². The lowest BCUT2D eigenvalue weighted by Crippen LogP contribution is -2.13. The van der Waals surface area contributed by atoms with Gasteiger partial charge in [0.1, 0.15) is 0 Å². The summed E-state index contributed by atoms with van der Waals surface area (Å²) in [7, 11) is 0. The molecule has 0 spiro atoms. The highest BCUT2D eigenvalue weighted by Gasteiger charge is 2.15. The summed E-state index contributed by atoms with van der Waals surface area (Å²) >= 11 is 0. The fourth-order valence-corrected chi connectivity index (χ4v) is 2.63. The van der Waals surface area contributed by atoms with Gasteiger partial charge in [-0.1, -0.05) is 49.3 Å². The van der Waals surface area contributed by atoms with Gasteiger partial charge in [-0.3, -0.25) is 0 Å². The van der Waals surface area contributed by atoms with E-state index in [4.69, 9.17) is 10.2 Å². The highest BCUT2D eigenvalue weighted by atomic mass is 35.5. The number of imidazole rings is 1. The number of nitrogens with zero attached hydrogens (tertiary/aromatic N) is 4. The van der Waals surface area contributed by atoms with Gasteiger partial charge in [0.05, 0.1) is 24.6 Å². The second-order valence-electron chi connectivity index (χ2n) is 6.53. The van der Waals surface area contributed by atoms with Crippen molar-refractivity contribution < 1.29 is 4.42 Å². The van der Waals surface area contributed by atoms with Gasteiger partial charge in [-0.25, -0.2) is 4.98 Å². The molecule has 0 radical (unpaired) electrons. The van der Waals surface area contributed by atoms with Crippen molar-refractivity contribution in [3.63, 3.8) is 0 Å². The van der Waals surface area contributed by atoms with Crippen molar-refractivity contribution >= 4 is 30.8 Å². The summed E-state index contributed by atoms with van der Waals surface area (Å²) < 4.78 is 7.77. The Bertz CT molecular complexity index is 790. The van der Waals surface area contributed by atoms with Crippen molar-refractivity contribution in [2.75, 3.05) is 5.32 Å². The van der Waals surface area contributed by atoms with Crippen LogP contribution in [0.5, 0.6) is 0 Å². The van der Waals surface area contributed by atoms with Crippen LogP contribution in [0.4, 0.5) is 6.01 Å². The van der Waals surface area contributed by atoms with Crippen LogP contribution < -0.4 is 11.1 Å². The topological polar surface area (TPSA) is 94.8 Å². The molecule has 1 atom stereocenters. The Morgan fingerprint density at radius 1 is 1.15 bits per heavy atom. The summed E-state index contributed by atoms with van der Waals surface area (Å²) in [6.45, 7) is 5.85. The molecule has 0 aliphatic carbocycles. The fourth-order valence-electron chi connectivity index (χ4n) is 2.63. The average molecular weight is 413 g/mol. The summed E-state index contributed by atoms with van der Waals surface area (Å²) in [6.07, 6.45) is 4.34. The maximum Gasteiger partial charge on any atom is 0.315 e. The van der Waals surface area contributed by atoms with Crippen LogP contribution in [0.25, 0.3) is 0 Å². The predicted molar refractivity (Wildman–Crippen MR) is 110 cm³/mol. The van der Waals surface area contributed by atoms with Crippen LogP contribution in [0.3, 0.4) is 0 Å². The van der Waals surface area contributed by atoms with Crippen molar-refractivity contribution in [1.82, 2.24) is 19.7 Å². The van der Waals surface area contributed by atoms with Crippen molar-refractivity contribution in [3.05, 3.63) is 60.0 Å². The maximum atomic E-state index is 6.17. The average Bonchev–Trinajstić information content (AvgIpc) is 3.22. The normalized spacial score (nSPS) is 11.6. The minimum absolute atomic E-state index is 0. The first-order valence-corrected chi connectivity index (χ1v) is 8.47. The first-order valence-electron chi connectivity index (χ1n) is 8.47. The van der Waals surface area contributed by atoms with E-state index in [1.807, 2.05) is 42.9 Å². The third kappa shape index (κ3) is 6.53. The monoisotopic (exact) mass is 412 g/mol. The Morgan fingerprint density at radius 2 is 1.89 bits per heavy atom. The van der Waals surface area contributed by atoms with Gasteiger partial charge in [0.25, 0.3) is 0 Å². The summed E-state index contributed by atoms with van der Waals surface area (Å²) in [4.78, 5) is 4.20. The van der Waals surface area contributed by atoms with E-state index in [1.54, 1.807) is 0 Å². The quantitative estimate of drug-likeness (QED) is 0.586. The lowest BCUT2D eigenvalue weighted by Gasteiger charge is -2.10. The number of nitrogens with one attached hydrogen (secondary N) is 1. The van der Waals surface area contributed by atoms with E-state index < -0.39 is 0 Å². The molecular weight excluding hydrogens is 387 g/mol. The Kier molecular flexibility index (Phi) is 9.28. The predicted octanol–water partition coefficient (Wildman–Crippen LogP) is 3.62. The number of aromatic nitrogens is 4. The van der Waals surface area contributed by atoms with E-state index in [2.05, 4.69) is 38.9 Å². The highest BCUT2D eigenvalue weighted by molar-refractivity contribution is 5.85. The van der Waals surface area contributed by atoms with E-state index in [9.17, 15) is 0 Å². The molecule has 9 heteroatoms. The summed E-state index contributed by atoms with van der Waals surface area (Å²) in [5.41, 5.74) is 8.38. The first kappa shape index (κ1) is 23.0. The molecule has 2 aromatic heterocycles. The van der Waals surface area contributed by atoms with Crippen LogP contribution in [-0.4, -0.2) is 19.7 Å². The SMILES string of the molecule is CC(C)Cn1cncc1CNc1nnc([C@H](N)Cc2ccccc2)o1.Cl.Cl. The van der Waals surface area contributed by atoms with Crippen LogP contribution in [-0.2, 0) is 19.5 Å². The molecular formula is C18H26Cl2N6O. The Morgan fingerprint density at radius 3 is 2.59 bits per heavy atom. The second-order valence-corrected chi connectivity index (χ2v) is 6.53. The molecule has 3 aromatic rings. The number of hydrogen-bond donors (Lipinski definition) is 2. The molecule has 0 aliphatic heterocycles. The van der Waals surface area contributed by atoms with Crippen LogP contribution in [0.15, 0.2) is 47.3 Å². The van der Waals surface area contributed by atoms with Crippen LogP contribution >= 0.6 is 24.8 Å². The molecule has 1 aromatic carbocycles. The zero-order valence-electron chi connectivity index (χ0n) is 15.4. The number of rotatable bonds is 8. The number of halogens is 2. The van der Waals surface area contributed by atoms with Crippen LogP contribution in [0.1, 0.15) is 37.0 Å². The molecule has 7 nitrogen and oxygen atoms in total. The van der Waals surface area contributed by atoms with Crippen LogP contribution in [0.2, 0.25) is 0 Å². The van der Waals surface area contributed by atoms with Gasteiger partial charge in [0.15, 0.2) is 0 Å². The van der Waals surface area contributed by atoms with Crippen molar-refractivity contribution in [2.24, 2.45) is 11.7 Å². The second kappa shape index (κ2) is 10.9. The first-order chi connectivity index (χ1) is 12.1. The molecule has 0 amide bonds. The standard InChI is InChI=1S/C18H24N6O.2ClH/c1-13(2)11-24-12-20-9-15(24)10-21-18-23-22-17(25-18)16(19)8-14-6-4-3-5-7-14;;/h3-7,9,12-13,16H,8,10-11,19H2,1-2H3,(H,21,23);2*1H/t16-;;/m1../s1. The lowest BCUT2D eigenvalue weighted by molar-refractivity contribution is 0.455. The van der Waals surface area contributed by atoms with E-state index in [-0.39, 0.29) is 30.9 Å². The van der Waals surface area contributed by atoms with Gasteiger partial charge in [-0.15, -0.1) is 29.9 Å². The number of nitrogens with two attached hydrogens (primary N) is 1. The minimum atomic E-state index is -0.322. The highest BCUT2D eigenvalue weighted by Crippen LogP contribution is 2.17. The van der Waals surface area contributed by atoms with Crippen molar-refractivity contribution in [1.29, 1.82) is 0 Å². The molecule has 0 saturated carbocycles. The molecule has 27 heavy (non-hydrogen) atoms. The zero-order chi connectivity index (χ0) is 17.6. The third-order valence-corrected chi connectivity index (χ3v) is 3.84. The van der Waals surface area contributed by atoms with Gasteiger partial charge < -0.3 is 20.0 Å². The molecule has 3 N–H and O–H groups in total. The Labute approximate surface area is 171 Å². The van der Waals surface area contributed by atoms with E-state index in [0.717, 1.165) is 17.8 Å². The molecule has 148 valence electrons.